The van der Waals surface area contributed by atoms with Crippen LogP contribution in [-0.4, -0.2) is 16.5 Å². The van der Waals surface area contributed by atoms with E-state index in [9.17, 15) is 0 Å². The number of rotatable bonds is 5. The second kappa shape index (κ2) is 5.96. The highest BCUT2D eigenvalue weighted by Gasteiger charge is 2.03. The molecule has 0 atom stereocenters. The molecular formula is C10H16BrN3. The lowest BCUT2D eigenvalue weighted by Crippen LogP contribution is -2.05. The molecule has 0 amide bonds. The number of halogens is 1. The molecule has 0 bridgehead atoms. The van der Waals surface area contributed by atoms with Crippen LogP contribution < -0.4 is 5.32 Å². The van der Waals surface area contributed by atoms with Crippen LogP contribution in [0.4, 0.5) is 5.82 Å². The predicted octanol–water partition coefficient (Wildman–Crippen LogP) is 3.01. The number of hydrogen-bond donors (Lipinski definition) is 1. The van der Waals surface area contributed by atoms with Crippen LogP contribution in [-0.2, 0) is 6.42 Å². The van der Waals surface area contributed by atoms with Gasteiger partial charge in [0.15, 0.2) is 0 Å². The third-order valence-corrected chi connectivity index (χ3v) is 2.39. The van der Waals surface area contributed by atoms with Gasteiger partial charge < -0.3 is 5.32 Å². The SMILES string of the molecule is CCCNc1nc(CCC)ncc1Br. The van der Waals surface area contributed by atoms with Crippen molar-refractivity contribution in [3.05, 3.63) is 16.5 Å². The Labute approximate surface area is 93.5 Å². The molecule has 0 aromatic carbocycles. The summed E-state index contributed by atoms with van der Waals surface area (Å²) in [6, 6.07) is 0. The highest BCUT2D eigenvalue weighted by molar-refractivity contribution is 9.10. The summed E-state index contributed by atoms with van der Waals surface area (Å²) < 4.78 is 0.936. The molecular weight excluding hydrogens is 242 g/mol. The van der Waals surface area contributed by atoms with E-state index in [0.717, 1.165) is 41.9 Å². The number of nitrogens with zero attached hydrogens (tertiary/aromatic N) is 2. The van der Waals surface area contributed by atoms with Gasteiger partial charge in [0.05, 0.1) is 4.47 Å². The fourth-order valence-electron chi connectivity index (χ4n) is 1.12. The molecule has 78 valence electrons. The van der Waals surface area contributed by atoms with Gasteiger partial charge in [-0.05, 0) is 28.8 Å². The van der Waals surface area contributed by atoms with Crippen LogP contribution in [0.15, 0.2) is 10.7 Å². The van der Waals surface area contributed by atoms with Crippen molar-refractivity contribution in [2.24, 2.45) is 0 Å². The third-order valence-electron chi connectivity index (χ3n) is 1.81. The molecule has 1 aromatic rings. The Morgan fingerprint density at radius 2 is 2.14 bits per heavy atom. The van der Waals surface area contributed by atoms with Gasteiger partial charge in [-0.3, -0.25) is 0 Å². The van der Waals surface area contributed by atoms with E-state index in [2.05, 4.69) is 45.1 Å². The predicted molar refractivity (Wildman–Crippen MR) is 62.5 cm³/mol. The van der Waals surface area contributed by atoms with Crippen molar-refractivity contribution in [1.82, 2.24) is 9.97 Å². The normalized spacial score (nSPS) is 10.2. The standard InChI is InChI=1S/C10H16BrN3/c1-3-5-9-13-7-8(11)10(14-9)12-6-4-2/h7H,3-6H2,1-2H3,(H,12,13,14). The highest BCUT2D eigenvalue weighted by Crippen LogP contribution is 2.18. The molecule has 0 aliphatic rings. The Balaban J connectivity index is 2.74. The van der Waals surface area contributed by atoms with E-state index in [-0.39, 0.29) is 0 Å². The van der Waals surface area contributed by atoms with E-state index >= 15 is 0 Å². The van der Waals surface area contributed by atoms with E-state index in [0.29, 0.717) is 0 Å². The van der Waals surface area contributed by atoms with Crippen LogP contribution in [0.5, 0.6) is 0 Å². The van der Waals surface area contributed by atoms with Gasteiger partial charge in [0.2, 0.25) is 0 Å². The quantitative estimate of drug-likeness (QED) is 0.882. The molecule has 0 aliphatic carbocycles. The molecule has 1 rings (SSSR count). The average molecular weight is 258 g/mol. The van der Waals surface area contributed by atoms with Crippen LogP contribution in [0.25, 0.3) is 0 Å². The molecule has 0 spiro atoms. The smallest absolute Gasteiger partial charge is 0.144 e. The summed E-state index contributed by atoms with van der Waals surface area (Å²) in [6.07, 6.45) is 4.93. The lowest BCUT2D eigenvalue weighted by Gasteiger charge is -2.07. The lowest BCUT2D eigenvalue weighted by atomic mass is 10.3. The summed E-state index contributed by atoms with van der Waals surface area (Å²) in [4.78, 5) is 8.67. The van der Waals surface area contributed by atoms with E-state index in [4.69, 9.17) is 0 Å². The molecule has 0 fully saturated rings. The highest BCUT2D eigenvalue weighted by atomic mass is 79.9. The first-order valence-corrected chi connectivity index (χ1v) is 5.82. The molecule has 0 radical (unpaired) electrons. The van der Waals surface area contributed by atoms with Gasteiger partial charge in [0, 0.05) is 19.2 Å². The Morgan fingerprint density at radius 3 is 2.79 bits per heavy atom. The maximum atomic E-state index is 4.43. The minimum atomic E-state index is 0.908. The Morgan fingerprint density at radius 1 is 1.36 bits per heavy atom. The Kier molecular flexibility index (Phi) is 4.87. The van der Waals surface area contributed by atoms with Crippen molar-refractivity contribution in [2.45, 2.75) is 33.1 Å². The molecule has 4 heteroatoms. The summed E-state index contributed by atoms with van der Waals surface area (Å²) in [5, 5.41) is 3.26. The summed E-state index contributed by atoms with van der Waals surface area (Å²) >= 11 is 3.42. The molecule has 0 saturated heterocycles. The second-order valence-corrected chi connectivity index (χ2v) is 4.01. The summed E-state index contributed by atoms with van der Waals surface area (Å²) in [5.74, 6) is 1.82. The summed E-state index contributed by atoms with van der Waals surface area (Å²) in [6.45, 7) is 5.21. The summed E-state index contributed by atoms with van der Waals surface area (Å²) in [5.41, 5.74) is 0. The van der Waals surface area contributed by atoms with Gasteiger partial charge in [-0.1, -0.05) is 13.8 Å². The number of hydrogen-bond acceptors (Lipinski definition) is 3. The Bertz CT molecular complexity index is 289. The monoisotopic (exact) mass is 257 g/mol. The van der Waals surface area contributed by atoms with Crippen molar-refractivity contribution in [3.63, 3.8) is 0 Å². The number of aromatic nitrogens is 2. The zero-order valence-corrected chi connectivity index (χ0v) is 10.3. The summed E-state index contributed by atoms with van der Waals surface area (Å²) in [7, 11) is 0. The van der Waals surface area contributed by atoms with E-state index in [1.54, 1.807) is 0 Å². The lowest BCUT2D eigenvalue weighted by molar-refractivity contribution is 0.829. The topological polar surface area (TPSA) is 37.8 Å². The largest absolute Gasteiger partial charge is 0.369 e. The zero-order valence-electron chi connectivity index (χ0n) is 8.68. The number of anilines is 1. The maximum absolute atomic E-state index is 4.43. The average Bonchev–Trinajstić information content (AvgIpc) is 2.19. The van der Waals surface area contributed by atoms with Crippen LogP contribution in [0, 0.1) is 0 Å². The fraction of sp³-hybridized carbons (Fsp3) is 0.600. The number of nitrogens with one attached hydrogen (secondary N) is 1. The van der Waals surface area contributed by atoms with Crippen LogP contribution in [0.1, 0.15) is 32.5 Å². The minimum absolute atomic E-state index is 0.908. The molecule has 0 unspecified atom stereocenters. The van der Waals surface area contributed by atoms with Crippen LogP contribution >= 0.6 is 15.9 Å². The van der Waals surface area contributed by atoms with Crippen molar-refractivity contribution in [3.8, 4) is 0 Å². The van der Waals surface area contributed by atoms with Gasteiger partial charge >= 0.3 is 0 Å². The van der Waals surface area contributed by atoms with Gasteiger partial charge in [-0.25, -0.2) is 9.97 Å². The maximum Gasteiger partial charge on any atom is 0.144 e. The molecule has 1 aromatic heterocycles. The molecule has 1 N–H and O–H groups in total. The van der Waals surface area contributed by atoms with Crippen LogP contribution in [0.2, 0.25) is 0 Å². The fourth-order valence-corrected chi connectivity index (χ4v) is 1.45. The van der Waals surface area contributed by atoms with Gasteiger partial charge in [0.1, 0.15) is 11.6 Å². The van der Waals surface area contributed by atoms with Crippen molar-refractivity contribution >= 4 is 21.7 Å². The zero-order chi connectivity index (χ0) is 10.4. The Hall–Kier alpha value is -0.640. The minimum Gasteiger partial charge on any atom is -0.369 e. The van der Waals surface area contributed by atoms with Crippen molar-refractivity contribution in [1.29, 1.82) is 0 Å². The van der Waals surface area contributed by atoms with Gasteiger partial charge in [0.25, 0.3) is 0 Å². The second-order valence-electron chi connectivity index (χ2n) is 3.16. The van der Waals surface area contributed by atoms with Crippen molar-refractivity contribution < 1.29 is 0 Å². The van der Waals surface area contributed by atoms with Crippen molar-refractivity contribution in [2.75, 3.05) is 11.9 Å². The van der Waals surface area contributed by atoms with Crippen LogP contribution in [0.3, 0.4) is 0 Å². The first-order chi connectivity index (χ1) is 6.77. The van der Waals surface area contributed by atoms with E-state index in [1.807, 2.05) is 6.20 Å². The first-order valence-electron chi connectivity index (χ1n) is 5.03. The third kappa shape index (κ3) is 3.25. The number of aryl methyl sites for hydroxylation is 1. The molecule has 14 heavy (non-hydrogen) atoms. The van der Waals surface area contributed by atoms with E-state index in [1.165, 1.54) is 0 Å². The van der Waals surface area contributed by atoms with Gasteiger partial charge in [-0.2, -0.15) is 0 Å². The first kappa shape index (κ1) is 11.4. The molecule has 3 nitrogen and oxygen atoms in total. The molecule has 0 aliphatic heterocycles. The molecule has 1 heterocycles. The van der Waals surface area contributed by atoms with E-state index < -0.39 is 0 Å². The molecule has 0 saturated carbocycles. The van der Waals surface area contributed by atoms with Gasteiger partial charge in [-0.15, -0.1) is 0 Å².